The quantitative estimate of drug-likeness (QED) is 0.768. The molecule has 3 atom stereocenters. The van der Waals surface area contributed by atoms with Crippen molar-refractivity contribution in [3.05, 3.63) is 0 Å². The molecule has 2 nitrogen and oxygen atoms in total. The summed E-state index contributed by atoms with van der Waals surface area (Å²) in [7, 11) is 2.10. The third kappa shape index (κ3) is 2.36. The Labute approximate surface area is 94.4 Å². The Hall–Kier alpha value is -0.0800. The summed E-state index contributed by atoms with van der Waals surface area (Å²) in [5.74, 6) is 0.999. The summed E-state index contributed by atoms with van der Waals surface area (Å²) in [4.78, 5) is 2.75. The van der Waals surface area contributed by atoms with Crippen molar-refractivity contribution in [1.29, 1.82) is 0 Å². The van der Waals surface area contributed by atoms with Crippen molar-refractivity contribution in [3.63, 3.8) is 0 Å². The van der Waals surface area contributed by atoms with Crippen molar-refractivity contribution in [1.82, 2.24) is 10.2 Å². The van der Waals surface area contributed by atoms with Gasteiger partial charge in [-0.1, -0.05) is 6.42 Å². The third-order valence-electron chi connectivity index (χ3n) is 4.69. The second-order valence-electron chi connectivity index (χ2n) is 5.53. The van der Waals surface area contributed by atoms with Crippen LogP contribution in [0.1, 0.15) is 46.0 Å². The SMILES string of the molecule is CNC1CCN(C(C)C2CCC2)C(C)C1. The van der Waals surface area contributed by atoms with Crippen molar-refractivity contribution in [2.75, 3.05) is 13.6 Å². The molecule has 1 aliphatic heterocycles. The highest BCUT2D eigenvalue weighted by molar-refractivity contribution is 4.89. The first-order chi connectivity index (χ1) is 7.22. The van der Waals surface area contributed by atoms with Gasteiger partial charge >= 0.3 is 0 Å². The number of piperidine rings is 1. The van der Waals surface area contributed by atoms with E-state index >= 15 is 0 Å². The fraction of sp³-hybridized carbons (Fsp3) is 1.00. The second-order valence-corrected chi connectivity index (χ2v) is 5.53. The minimum atomic E-state index is 0.754. The molecule has 2 rings (SSSR count). The van der Waals surface area contributed by atoms with E-state index < -0.39 is 0 Å². The molecular formula is C13H26N2. The Morgan fingerprint density at radius 1 is 1.27 bits per heavy atom. The molecule has 1 aliphatic carbocycles. The average Bonchev–Trinajstić information content (AvgIpc) is 2.14. The summed E-state index contributed by atoms with van der Waals surface area (Å²) in [5.41, 5.74) is 0. The van der Waals surface area contributed by atoms with Crippen molar-refractivity contribution in [3.8, 4) is 0 Å². The molecule has 0 amide bonds. The van der Waals surface area contributed by atoms with Gasteiger partial charge < -0.3 is 5.32 Å². The topological polar surface area (TPSA) is 15.3 Å². The van der Waals surface area contributed by atoms with Crippen molar-refractivity contribution < 1.29 is 0 Å². The maximum atomic E-state index is 3.42. The molecule has 88 valence electrons. The molecule has 1 N–H and O–H groups in total. The van der Waals surface area contributed by atoms with Gasteiger partial charge in [0.2, 0.25) is 0 Å². The van der Waals surface area contributed by atoms with E-state index in [2.05, 4.69) is 31.1 Å². The smallest absolute Gasteiger partial charge is 0.00980 e. The fourth-order valence-electron chi connectivity index (χ4n) is 3.25. The lowest BCUT2D eigenvalue weighted by atomic mass is 9.78. The molecule has 0 spiro atoms. The van der Waals surface area contributed by atoms with Gasteiger partial charge in [0.15, 0.2) is 0 Å². The molecule has 1 heterocycles. The molecule has 0 bridgehead atoms. The zero-order valence-electron chi connectivity index (χ0n) is 10.5. The lowest BCUT2D eigenvalue weighted by molar-refractivity contribution is 0.0429. The zero-order chi connectivity index (χ0) is 10.8. The van der Waals surface area contributed by atoms with Crippen LogP contribution in [0.15, 0.2) is 0 Å². The van der Waals surface area contributed by atoms with Gasteiger partial charge in [0.1, 0.15) is 0 Å². The zero-order valence-corrected chi connectivity index (χ0v) is 10.5. The maximum absolute atomic E-state index is 3.42. The summed E-state index contributed by atoms with van der Waals surface area (Å²) < 4.78 is 0. The van der Waals surface area contributed by atoms with E-state index in [1.807, 2.05) is 0 Å². The second kappa shape index (κ2) is 4.84. The number of nitrogens with zero attached hydrogens (tertiary/aromatic N) is 1. The van der Waals surface area contributed by atoms with Crippen molar-refractivity contribution in [2.24, 2.45) is 5.92 Å². The molecule has 2 heteroatoms. The Morgan fingerprint density at radius 2 is 2.00 bits per heavy atom. The molecule has 0 aromatic heterocycles. The first-order valence-electron chi connectivity index (χ1n) is 6.65. The maximum Gasteiger partial charge on any atom is 0.00980 e. The number of hydrogen-bond donors (Lipinski definition) is 1. The summed E-state index contributed by atoms with van der Waals surface area (Å²) >= 11 is 0. The number of hydrogen-bond acceptors (Lipinski definition) is 2. The molecule has 0 aromatic carbocycles. The lowest BCUT2D eigenvalue weighted by Crippen LogP contribution is -2.52. The van der Waals surface area contributed by atoms with Crippen LogP contribution >= 0.6 is 0 Å². The van der Waals surface area contributed by atoms with Crippen molar-refractivity contribution >= 4 is 0 Å². The van der Waals surface area contributed by atoms with Gasteiger partial charge in [-0.05, 0) is 52.5 Å². The van der Waals surface area contributed by atoms with Crippen LogP contribution < -0.4 is 5.32 Å². The predicted molar refractivity (Wildman–Crippen MR) is 65.1 cm³/mol. The van der Waals surface area contributed by atoms with E-state index in [4.69, 9.17) is 0 Å². The van der Waals surface area contributed by atoms with E-state index in [1.54, 1.807) is 0 Å². The van der Waals surface area contributed by atoms with Gasteiger partial charge in [-0.2, -0.15) is 0 Å². The molecular weight excluding hydrogens is 184 g/mol. The van der Waals surface area contributed by atoms with Gasteiger partial charge in [-0.25, -0.2) is 0 Å². The molecule has 15 heavy (non-hydrogen) atoms. The highest BCUT2D eigenvalue weighted by Crippen LogP contribution is 2.34. The fourth-order valence-corrected chi connectivity index (χ4v) is 3.25. The van der Waals surface area contributed by atoms with E-state index in [1.165, 1.54) is 38.6 Å². The van der Waals surface area contributed by atoms with E-state index in [9.17, 15) is 0 Å². The number of nitrogens with one attached hydrogen (secondary N) is 1. The van der Waals surface area contributed by atoms with Crippen LogP contribution in [0.2, 0.25) is 0 Å². The summed E-state index contributed by atoms with van der Waals surface area (Å²) in [6, 6.07) is 2.35. The molecule has 0 radical (unpaired) electrons. The van der Waals surface area contributed by atoms with Gasteiger partial charge in [0.25, 0.3) is 0 Å². The number of likely N-dealkylation sites (tertiary alicyclic amines) is 1. The minimum absolute atomic E-state index is 0.754. The van der Waals surface area contributed by atoms with Crippen LogP contribution in [-0.4, -0.2) is 36.6 Å². The standard InChI is InChI=1S/C13H26N2/c1-10-9-13(14-3)7-8-15(10)11(2)12-5-4-6-12/h10-14H,4-9H2,1-3H3. The summed E-state index contributed by atoms with van der Waals surface area (Å²) in [5, 5.41) is 3.42. The van der Waals surface area contributed by atoms with Crippen LogP contribution in [0.4, 0.5) is 0 Å². The predicted octanol–water partition coefficient (Wildman–Crippen LogP) is 2.25. The highest BCUT2D eigenvalue weighted by atomic mass is 15.2. The van der Waals surface area contributed by atoms with Gasteiger partial charge in [-0.3, -0.25) is 4.90 Å². The van der Waals surface area contributed by atoms with Crippen LogP contribution in [-0.2, 0) is 0 Å². The first-order valence-corrected chi connectivity index (χ1v) is 6.65. The molecule has 3 unspecified atom stereocenters. The van der Waals surface area contributed by atoms with Crippen LogP contribution in [0.5, 0.6) is 0 Å². The largest absolute Gasteiger partial charge is 0.317 e. The Morgan fingerprint density at radius 3 is 2.47 bits per heavy atom. The summed E-state index contributed by atoms with van der Waals surface area (Å²) in [6.07, 6.45) is 7.07. The van der Waals surface area contributed by atoms with Gasteiger partial charge in [0.05, 0.1) is 0 Å². The Bertz CT molecular complexity index is 201. The van der Waals surface area contributed by atoms with Gasteiger partial charge in [0, 0.05) is 24.7 Å². The number of rotatable bonds is 3. The summed E-state index contributed by atoms with van der Waals surface area (Å²) in [6.45, 7) is 6.14. The van der Waals surface area contributed by atoms with Gasteiger partial charge in [-0.15, -0.1) is 0 Å². The van der Waals surface area contributed by atoms with Crippen LogP contribution in [0.25, 0.3) is 0 Å². The van der Waals surface area contributed by atoms with E-state index in [0.717, 1.165) is 24.0 Å². The molecule has 1 saturated carbocycles. The molecule has 1 saturated heterocycles. The highest BCUT2D eigenvalue weighted by Gasteiger charge is 2.33. The third-order valence-corrected chi connectivity index (χ3v) is 4.69. The normalized spacial score (nSPS) is 36.2. The van der Waals surface area contributed by atoms with Crippen LogP contribution in [0.3, 0.4) is 0 Å². The first kappa shape index (κ1) is 11.4. The monoisotopic (exact) mass is 210 g/mol. The Kier molecular flexibility index (Phi) is 3.68. The Balaban J connectivity index is 1.86. The lowest BCUT2D eigenvalue weighted by Gasteiger charge is -2.46. The van der Waals surface area contributed by atoms with Crippen molar-refractivity contribution in [2.45, 2.75) is 64.1 Å². The molecule has 2 fully saturated rings. The van der Waals surface area contributed by atoms with E-state index in [0.29, 0.717) is 0 Å². The van der Waals surface area contributed by atoms with Crippen LogP contribution in [0, 0.1) is 5.92 Å². The minimum Gasteiger partial charge on any atom is -0.317 e. The average molecular weight is 210 g/mol. The molecule has 2 aliphatic rings. The molecule has 0 aromatic rings. The van der Waals surface area contributed by atoms with E-state index in [-0.39, 0.29) is 0 Å².